The lowest BCUT2D eigenvalue weighted by Gasteiger charge is -2.24. The molecule has 0 aliphatic heterocycles. The third-order valence-electron chi connectivity index (χ3n) is 5.96. The van der Waals surface area contributed by atoms with Crippen LogP contribution in [0.4, 0.5) is 4.79 Å². The van der Waals surface area contributed by atoms with Crippen LogP contribution in [0.2, 0.25) is 0 Å². The van der Waals surface area contributed by atoms with Crippen LogP contribution in [0.3, 0.4) is 0 Å². The van der Waals surface area contributed by atoms with E-state index in [1.807, 2.05) is 20.8 Å². The van der Waals surface area contributed by atoms with Crippen molar-refractivity contribution in [2.45, 2.75) is 26.4 Å². The summed E-state index contributed by atoms with van der Waals surface area (Å²) < 4.78 is 76.0. The van der Waals surface area contributed by atoms with Crippen LogP contribution >= 0.6 is 11.6 Å². The van der Waals surface area contributed by atoms with Crippen molar-refractivity contribution in [1.82, 2.24) is 4.90 Å². The quantitative estimate of drug-likeness (QED) is 0.0662. The highest BCUT2D eigenvalue weighted by molar-refractivity contribution is 6.17. The van der Waals surface area contributed by atoms with Gasteiger partial charge in [0.25, 0.3) is 0 Å². The molecule has 0 radical (unpaired) electrons. The van der Waals surface area contributed by atoms with Crippen molar-refractivity contribution >= 4 is 17.7 Å². The smallest absolute Gasteiger partial charge is 0.410 e. The fraction of sp³-hybridized carbons (Fsp3) is 0.971. The molecule has 51 heavy (non-hydrogen) atoms. The standard InChI is InChI=1S/C34H68ClNO15/c1-34(2,3)51-33(37)36(4)6-8-39-10-12-41-14-16-43-18-20-45-22-24-47-26-28-49-30-32-50-31-29-48-27-25-46-23-21-44-19-17-42-15-13-40-11-9-38-7-5-35/h5-32H2,1-4H3. The number of hydrogen-bond acceptors (Lipinski definition) is 15. The molecule has 0 heterocycles. The fourth-order valence-electron chi connectivity index (χ4n) is 3.43. The monoisotopic (exact) mass is 765 g/mol. The summed E-state index contributed by atoms with van der Waals surface area (Å²) in [5.74, 6) is 0.493. The Kier molecular flexibility index (Phi) is 39.5. The summed E-state index contributed by atoms with van der Waals surface area (Å²) >= 11 is 5.51. The Morgan fingerprint density at radius 2 is 0.588 bits per heavy atom. The molecule has 0 N–H and O–H groups in total. The molecule has 0 aliphatic carbocycles. The maximum atomic E-state index is 11.9. The van der Waals surface area contributed by atoms with Crippen LogP contribution in [-0.4, -0.2) is 208 Å². The van der Waals surface area contributed by atoms with E-state index in [0.717, 1.165) is 0 Å². The first-order valence-corrected chi connectivity index (χ1v) is 18.4. The van der Waals surface area contributed by atoms with Gasteiger partial charge in [0.15, 0.2) is 0 Å². The van der Waals surface area contributed by atoms with Crippen molar-refractivity contribution in [2.75, 3.05) is 191 Å². The number of likely N-dealkylation sites (N-methyl/N-ethyl adjacent to an activating group) is 1. The third-order valence-corrected chi connectivity index (χ3v) is 6.12. The highest BCUT2D eigenvalue weighted by atomic mass is 35.5. The molecule has 0 unspecified atom stereocenters. The van der Waals surface area contributed by atoms with Gasteiger partial charge in [-0.05, 0) is 20.8 Å². The topological polar surface area (TPSA) is 150 Å². The predicted octanol–water partition coefficient (Wildman–Crippen LogP) is 2.31. The molecule has 17 heteroatoms. The summed E-state index contributed by atoms with van der Waals surface area (Å²) in [7, 11) is 1.68. The Balaban J connectivity index is 3.13. The van der Waals surface area contributed by atoms with Crippen LogP contribution in [0.15, 0.2) is 0 Å². The van der Waals surface area contributed by atoms with E-state index in [9.17, 15) is 4.79 Å². The average Bonchev–Trinajstić information content (AvgIpc) is 3.10. The van der Waals surface area contributed by atoms with Crippen LogP contribution in [0.1, 0.15) is 20.8 Å². The zero-order valence-electron chi connectivity index (χ0n) is 31.7. The van der Waals surface area contributed by atoms with Gasteiger partial charge in [-0.25, -0.2) is 4.79 Å². The molecule has 0 aromatic heterocycles. The Labute approximate surface area is 311 Å². The second kappa shape index (κ2) is 40.2. The van der Waals surface area contributed by atoms with E-state index in [1.54, 1.807) is 7.05 Å². The minimum atomic E-state index is -0.512. The largest absolute Gasteiger partial charge is 0.444 e. The van der Waals surface area contributed by atoms with E-state index in [0.29, 0.717) is 184 Å². The molecule has 0 aliphatic rings. The van der Waals surface area contributed by atoms with Gasteiger partial charge in [0.2, 0.25) is 0 Å². The van der Waals surface area contributed by atoms with Crippen molar-refractivity contribution in [1.29, 1.82) is 0 Å². The number of halogens is 1. The Morgan fingerprint density at radius 1 is 0.392 bits per heavy atom. The second-order valence-electron chi connectivity index (χ2n) is 11.6. The summed E-state index contributed by atoms with van der Waals surface area (Å²) in [6.07, 6.45) is -0.366. The van der Waals surface area contributed by atoms with Gasteiger partial charge < -0.3 is 71.2 Å². The lowest BCUT2D eigenvalue weighted by Crippen LogP contribution is -2.36. The number of nitrogens with zero attached hydrogens (tertiary/aromatic N) is 1. The average molecular weight is 766 g/mol. The zero-order chi connectivity index (χ0) is 37.4. The Morgan fingerprint density at radius 3 is 0.784 bits per heavy atom. The molecule has 0 spiro atoms. The SMILES string of the molecule is CN(CCOCCOCCOCCOCCOCCOCCOCCOCCOCCOCCOCCOCCOCCCl)C(=O)OC(C)(C)C. The van der Waals surface area contributed by atoms with Gasteiger partial charge in [0.05, 0.1) is 172 Å². The molecule has 0 atom stereocenters. The molecule has 0 saturated heterocycles. The van der Waals surface area contributed by atoms with Gasteiger partial charge >= 0.3 is 6.09 Å². The predicted molar refractivity (Wildman–Crippen MR) is 190 cm³/mol. The number of carbonyl (C=O) groups is 1. The molecule has 1 amide bonds. The normalized spacial score (nSPS) is 11.8. The van der Waals surface area contributed by atoms with E-state index in [-0.39, 0.29) is 6.09 Å². The molecule has 0 aromatic carbocycles. The van der Waals surface area contributed by atoms with E-state index in [4.69, 9.17) is 77.9 Å². The molecule has 306 valence electrons. The minimum absolute atomic E-state index is 0.366. The van der Waals surface area contributed by atoms with Crippen molar-refractivity contribution in [2.24, 2.45) is 0 Å². The molecule has 16 nitrogen and oxygen atoms in total. The minimum Gasteiger partial charge on any atom is -0.444 e. The van der Waals surface area contributed by atoms with E-state index in [2.05, 4.69) is 0 Å². The highest BCUT2D eigenvalue weighted by Gasteiger charge is 2.19. The number of rotatable bonds is 41. The van der Waals surface area contributed by atoms with Crippen molar-refractivity contribution in [3.63, 3.8) is 0 Å². The van der Waals surface area contributed by atoms with Crippen molar-refractivity contribution < 1.29 is 71.1 Å². The third kappa shape index (κ3) is 43.3. The number of hydrogen-bond donors (Lipinski definition) is 0. The van der Waals surface area contributed by atoms with Crippen LogP contribution < -0.4 is 0 Å². The van der Waals surface area contributed by atoms with Crippen LogP contribution in [0.5, 0.6) is 0 Å². The molecule has 0 aromatic rings. The van der Waals surface area contributed by atoms with Crippen molar-refractivity contribution in [3.8, 4) is 0 Å². The van der Waals surface area contributed by atoms with Crippen LogP contribution in [-0.2, 0) is 66.3 Å². The Hall–Kier alpha value is -0.960. The van der Waals surface area contributed by atoms with E-state index >= 15 is 0 Å². The molecular weight excluding hydrogens is 698 g/mol. The first kappa shape index (κ1) is 50.0. The maximum Gasteiger partial charge on any atom is 0.410 e. The van der Waals surface area contributed by atoms with Gasteiger partial charge in [0, 0.05) is 19.5 Å². The summed E-state index contributed by atoms with van der Waals surface area (Å²) in [4.78, 5) is 13.4. The van der Waals surface area contributed by atoms with Gasteiger partial charge in [-0.2, -0.15) is 0 Å². The van der Waals surface area contributed by atoms with Crippen LogP contribution in [0, 0.1) is 0 Å². The van der Waals surface area contributed by atoms with Gasteiger partial charge in [-0.1, -0.05) is 0 Å². The lowest BCUT2D eigenvalue weighted by atomic mass is 10.2. The van der Waals surface area contributed by atoms with Gasteiger partial charge in [-0.3, -0.25) is 0 Å². The Bertz CT molecular complexity index is 709. The van der Waals surface area contributed by atoms with Gasteiger partial charge in [0.1, 0.15) is 5.60 Å². The number of alkyl halides is 1. The zero-order valence-corrected chi connectivity index (χ0v) is 32.5. The first-order chi connectivity index (χ1) is 24.9. The molecule has 0 fully saturated rings. The number of ether oxygens (including phenoxy) is 14. The summed E-state index contributed by atoms with van der Waals surface area (Å²) in [5, 5.41) is 0. The summed E-state index contributed by atoms with van der Waals surface area (Å²) in [6.45, 7) is 18.8. The first-order valence-electron chi connectivity index (χ1n) is 17.9. The summed E-state index contributed by atoms with van der Waals surface area (Å²) in [6, 6.07) is 0. The van der Waals surface area contributed by atoms with Gasteiger partial charge in [-0.15, -0.1) is 11.6 Å². The number of carbonyl (C=O) groups excluding carboxylic acids is 1. The lowest BCUT2D eigenvalue weighted by molar-refractivity contribution is -0.0290. The molecular formula is C34H68ClNO15. The molecule has 0 bridgehead atoms. The van der Waals surface area contributed by atoms with E-state index < -0.39 is 5.60 Å². The maximum absolute atomic E-state index is 11.9. The van der Waals surface area contributed by atoms with Crippen molar-refractivity contribution in [3.05, 3.63) is 0 Å². The molecule has 0 rings (SSSR count). The number of amides is 1. The highest BCUT2D eigenvalue weighted by Crippen LogP contribution is 2.08. The fourth-order valence-corrected chi connectivity index (χ4v) is 3.54. The van der Waals surface area contributed by atoms with E-state index in [1.165, 1.54) is 4.90 Å². The van der Waals surface area contributed by atoms with Crippen LogP contribution in [0.25, 0.3) is 0 Å². The second-order valence-corrected chi connectivity index (χ2v) is 11.9. The molecule has 0 saturated carbocycles. The summed E-state index contributed by atoms with van der Waals surface area (Å²) in [5.41, 5.74) is -0.512.